The van der Waals surface area contributed by atoms with Gasteiger partial charge in [-0.2, -0.15) is 0 Å². The fraction of sp³-hybridized carbons (Fsp3) is 0.500. The van der Waals surface area contributed by atoms with E-state index in [2.05, 4.69) is 4.98 Å². The van der Waals surface area contributed by atoms with Crippen molar-refractivity contribution in [1.82, 2.24) is 9.38 Å². The van der Waals surface area contributed by atoms with E-state index in [-0.39, 0.29) is 13.0 Å². The number of hydrogen-bond acceptors (Lipinski definition) is 5. The highest BCUT2D eigenvalue weighted by Gasteiger charge is 2.51. The van der Waals surface area contributed by atoms with Crippen molar-refractivity contribution >= 4 is 28.2 Å². The second-order valence-electron chi connectivity index (χ2n) is 5.15. The Morgan fingerprint density at radius 3 is 2.76 bits per heavy atom. The smallest absolute Gasteiger partial charge is 0.324 e. The number of fused-ring (bicyclic) bond motifs is 1. The first kappa shape index (κ1) is 15.5. The third kappa shape index (κ3) is 2.65. The lowest BCUT2D eigenvalue weighted by Crippen LogP contribution is -2.47. The number of thiazole rings is 1. The van der Waals surface area contributed by atoms with E-state index in [1.807, 2.05) is 16.0 Å². The third-order valence-electron chi connectivity index (χ3n) is 3.61. The minimum absolute atomic E-state index is 0.0211. The molecule has 0 bridgehead atoms. The lowest BCUT2D eigenvalue weighted by molar-refractivity contribution is -0.172. The van der Waals surface area contributed by atoms with Gasteiger partial charge < -0.3 is 9.84 Å². The number of imidazole rings is 1. The number of carboxylic acids is 1. The first-order valence-electron chi connectivity index (χ1n) is 6.73. The van der Waals surface area contributed by atoms with Crippen LogP contribution in [0.2, 0.25) is 0 Å². The molecule has 7 heteroatoms. The Kier molecular flexibility index (Phi) is 4.32. The van der Waals surface area contributed by atoms with Crippen LogP contribution in [0.3, 0.4) is 0 Å². The molecule has 0 spiro atoms. The van der Waals surface area contributed by atoms with Gasteiger partial charge in [0, 0.05) is 24.2 Å². The third-order valence-corrected chi connectivity index (χ3v) is 4.38. The van der Waals surface area contributed by atoms with E-state index in [4.69, 9.17) is 4.74 Å². The fourth-order valence-corrected chi connectivity index (χ4v) is 3.05. The Bertz CT molecular complexity index is 632. The first-order chi connectivity index (χ1) is 9.91. The standard InChI is InChI=1S/C14H18N2O4S/c1-4-20-12(19)14(9(2)3,11(17)18)7-10-8-16-5-6-21-13(16)15-10/h5-6,8-9H,4,7H2,1-3H3,(H,17,18). The Hall–Kier alpha value is -1.89. The molecule has 6 nitrogen and oxygen atoms in total. The summed E-state index contributed by atoms with van der Waals surface area (Å²) in [7, 11) is 0. The molecule has 0 saturated heterocycles. The molecule has 0 amide bonds. The van der Waals surface area contributed by atoms with Gasteiger partial charge in [-0.1, -0.05) is 13.8 Å². The number of aliphatic carboxylic acids is 1. The van der Waals surface area contributed by atoms with Crippen LogP contribution in [0.15, 0.2) is 17.8 Å². The summed E-state index contributed by atoms with van der Waals surface area (Å²) in [6.07, 6.45) is 3.62. The Balaban J connectivity index is 2.41. The summed E-state index contributed by atoms with van der Waals surface area (Å²) in [4.78, 5) is 29.2. The van der Waals surface area contributed by atoms with Gasteiger partial charge in [-0.3, -0.25) is 14.0 Å². The lowest BCUT2D eigenvalue weighted by Gasteiger charge is -2.30. The second-order valence-corrected chi connectivity index (χ2v) is 6.03. The van der Waals surface area contributed by atoms with Crippen molar-refractivity contribution in [2.24, 2.45) is 11.3 Å². The summed E-state index contributed by atoms with van der Waals surface area (Å²) in [5.74, 6) is -2.29. The van der Waals surface area contributed by atoms with E-state index in [1.165, 1.54) is 11.3 Å². The number of aromatic nitrogens is 2. The quantitative estimate of drug-likeness (QED) is 0.653. The van der Waals surface area contributed by atoms with Crippen LogP contribution in [0, 0.1) is 11.3 Å². The molecule has 0 saturated carbocycles. The van der Waals surface area contributed by atoms with Gasteiger partial charge in [0.05, 0.1) is 12.3 Å². The molecular formula is C14H18N2O4S. The predicted molar refractivity (Wildman–Crippen MR) is 78.3 cm³/mol. The molecule has 2 rings (SSSR count). The molecule has 0 radical (unpaired) electrons. The van der Waals surface area contributed by atoms with E-state index in [0.717, 1.165) is 4.96 Å². The van der Waals surface area contributed by atoms with Crippen molar-refractivity contribution in [2.45, 2.75) is 27.2 Å². The van der Waals surface area contributed by atoms with Crippen LogP contribution in [0.4, 0.5) is 0 Å². The van der Waals surface area contributed by atoms with E-state index in [9.17, 15) is 14.7 Å². The summed E-state index contributed by atoms with van der Waals surface area (Å²) < 4.78 is 6.82. The number of carbonyl (C=O) groups is 2. The van der Waals surface area contributed by atoms with Gasteiger partial charge >= 0.3 is 11.9 Å². The molecule has 1 unspecified atom stereocenters. The van der Waals surface area contributed by atoms with Crippen LogP contribution in [-0.2, 0) is 20.7 Å². The largest absolute Gasteiger partial charge is 0.480 e. The van der Waals surface area contributed by atoms with Crippen LogP contribution in [0.5, 0.6) is 0 Å². The Morgan fingerprint density at radius 1 is 1.52 bits per heavy atom. The summed E-state index contributed by atoms with van der Waals surface area (Å²) in [6.45, 7) is 5.24. The number of carbonyl (C=O) groups excluding carboxylic acids is 1. The maximum absolute atomic E-state index is 12.3. The molecule has 0 aliphatic carbocycles. The topological polar surface area (TPSA) is 80.9 Å². The molecule has 2 aromatic rings. The zero-order valence-electron chi connectivity index (χ0n) is 12.2. The normalized spacial score (nSPS) is 14.3. The van der Waals surface area contributed by atoms with Crippen molar-refractivity contribution in [3.63, 3.8) is 0 Å². The molecule has 2 heterocycles. The van der Waals surface area contributed by atoms with Crippen molar-refractivity contribution in [2.75, 3.05) is 6.61 Å². The maximum atomic E-state index is 12.3. The van der Waals surface area contributed by atoms with Gasteiger partial charge in [-0.05, 0) is 12.8 Å². The minimum Gasteiger partial charge on any atom is -0.480 e. The summed E-state index contributed by atoms with van der Waals surface area (Å²) in [5.41, 5.74) is -1.04. The van der Waals surface area contributed by atoms with Crippen molar-refractivity contribution < 1.29 is 19.4 Å². The van der Waals surface area contributed by atoms with Crippen LogP contribution in [0.25, 0.3) is 4.96 Å². The number of rotatable bonds is 6. The van der Waals surface area contributed by atoms with Crippen LogP contribution >= 0.6 is 11.3 Å². The van der Waals surface area contributed by atoms with Gasteiger partial charge in [-0.25, -0.2) is 4.98 Å². The van der Waals surface area contributed by atoms with Crippen LogP contribution < -0.4 is 0 Å². The summed E-state index contributed by atoms with van der Waals surface area (Å²) >= 11 is 1.46. The van der Waals surface area contributed by atoms with E-state index < -0.39 is 23.3 Å². The van der Waals surface area contributed by atoms with Crippen molar-refractivity contribution in [3.8, 4) is 0 Å². The lowest BCUT2D eigenvalue weighted by atomic mass is 9.73. The van der Waals surface area contributed by atoms with Crippen molar-refractivity contribution in [3.05, 3.63) is 23.5 Å². The molecule has 1 atom stereocenters. The second kappa shape index (κ2) is 5.85. The number of hydrogen-bond donors (Lipinski definition) is 1. The minimum atomic E-state index is -1.61. The highest BCUT2D eigenvalue weighted by atomic mass is 32.1. The highest BCUT2D eigenvalue weighted by Crippen LogP contribution is 2.34. The zero-order valence-corrected chi connectivity index (χ0v) is 13.0. The Labute approximate surface area is 126 Å². The molecule has 0 fully saturated rings. The van der Waals surface area contributed by atoms with Gasteiger partial charge in [0.15, 0.2) is 10.4 Å². The average Bonchev–Trinajstić information content (AvgIpc) is 2.95. The molecule has 114 valence electrons. The van der Waals surface area contributed by atoms with E-state index >= 15 is 0 Å². The van der Waals surface area contributed by atoms with Crippen LogP contribution in [0.1, 0.15) is 26.5 Å². The molecule has 21 heavy (non-hydrogen) atoms. The summed E-state index contributed by atoms with van der Waals surface area (Å²) in [5, 5.41) is 11.5. The molecule has 0 aromatic carbocycles. The predicted octanol–water partition coefficient (Wildman–Crippen LogP) is 2.23. The molecule has 2 aromatic heterocycles. The van der Waals surface area contributed by atoms with Crippen LogP contribution in [-0.4, -0.2) is 33.0 Å². The molecule has 0 aliphatic rings. The SMILES string of the molecule is CCOC(=O)C(Cc1cn2ccsc2n1)(C(=O)O)C(C)C. The highest BCUT2D eigenvalue weighted by molar-refractivity contribution is 7.15. The molecule has 0 aliphatic heterocycles. The monoisotopic (exact) mass is 310 g/mol. The van der Waals surface area contributed by atoms with Gasteiger partial charge in [0.25, 0.3) is 0 Å². The fourth-order valence-electron chi connectivity index (χ4n) is 2.33. The summed E-state index contributed by atoms with van der Waals surface area (Å²) in [6, 6.07) is 0. The van der Waals surface area contributed by atoms with Crippen molar-refractivity contribution in [1.29, 1.82) is 0 Å². The number of carboxylic acid groups (broad SMARTS) is 1. The number of esters is 1. The number of ether oxygens (including phenoxy) is 1. The van der Waals surface area contributed by atoms with E-state index in [1.54, 1.807) is 27.0 Å². The molecule has 1 N–H and O–H groups in total. The molecular weight excluding hydrogens is 292 g/mol. The zero-order chi connectivity index (χ0) is 15.6. The van der Waals surface area contributed by atoms with E-state index in [0.29, 0.717) is 5.69 Å². The van der Waals surface area contributed by atoms with Gasteiger partial charge in [-0.15, -0.1) is 11.3 Å². The first-order valence-corrected chi connectivity index (χ1v) is 7.61. The maximum Gasteiger partial charge on any atom is 0.324 e. The van der Waals surface area contributed by atoms with Gasteiger partial charge in [0.2, 0.25) is 0 Å². The Morgan fingerprint density at radius 2 is 2.24 bits per heavy atom. The van der Waals surface area contributed by atoms with Gasteiger partial charge in [0.1, 0.15) is 0 Å². The average molecular weight is 310 g/mol. The number of nitrogens with zero attached hydrogens (tertiary/aromatic N) is 2.